The number of hydrogen-bond donors (Lipinski definition) is 1. The van der Waals surface area contributed by atoms with Crippen LogP contribution < -0.4 is 10.2 Å². The van der Waals surface area contributed by atoms with Crippen molar-refractivity contribution in [1.29, 1.82) is 0 Å². The molecule has 1 aliphatic heterocycles. The molecule has 0 saturated carbocycles. The molecule has 1 aliphatic rings. The Hall–Kier alpha value is -2.64. The van der Waals surface area contributed by atoms with Gasteiger partial charge in [0.15, 0.2) is 0 Å². The van der Waals surface area contributed by atoms with Gasteiger partial charge in [-0.25, -0.2) is 9.37 Å². The molecule has 146 valence electrons. The molecule has 0 bridgehead atoms. The molecule has 28 heavy (non-hydrogen) atoms. The molecule has 0 aliphatic carbocycles. The number of pyridine rings is 1. The molecule has 1 aromatic carbocycles. The van der Waals surface area contributed by atoms with Crippen LogP contribution in [0.3, 0.4) is 0 Å². The number of imidazole rings is 1. The highest BCUT2D eigenvalue weighted by Gasteiger charge is 2.18. The fraction of sp³-hybridized carbons (Fsp3) is 0.300. The summed E-state index contributed by atoms with van der Waals surface area (Å²) in [6.07, 6.45) is 1.66. The van der Waals surface area contributed by atoms with Crippen LogP contribution >= 0.6 is 11.6 Å². The lowest BCUT2D eigenvalue weighted by Gasteiger charge is -2.29. The van der Waals surface area contributed by atoms with Gasteiger partial charge in [0, 0.05) is 25.8 Å². The summed E-state index contributed by atoms with van der Waals surface area (Å²) < 4.78 is 21.5. The van der Waals surface area contributed by atoms with Crippen molar-refractivity contribution in [2.45, 2.75) is 13.5 Å². The lowest BCUT2D eigenvalue weighted by molar-refractivity contribution is 0.0944. The Balaban J connectivity index is 1.49. The molecular weight excluding hydrogens is 383 g/mol. The van der Waals surface area contributed by atoms with Crippen molar-refractivity contribution in [3.63, 3.8) is 0 Å². The zero-order valence-electron chi connectivity index (χ0n) is 15.4. The fourth-order valence-corrected chi connectivity index (χ4v) is 3.56. The first kappa shape index (κ1) is 18.7. The third kappa shape index (κ3) is 3.68. The number of halogens is 2. The summed E-state index contributed by atoms with van der Waals surface area (Å²) >= 11 is 6.04. The molecule has 2 aromatic heterocycles. The van der Waals surface area contributed by atoms with Gasteiger partial charge in [0.1, 0.15) is 17.2 Å². The third-order valence-electron chi connectivity index (χ3n) is 4.79. The number of ether oxygens (including phenoxy) is 1. The number of rotatable bonds is 4. The van der Waals surface area contributed by atoms with E-state index >= 15 is 0 Å². The van der Waals surface area contributed by atoms with Gasteiger partial charge in [0.25, 0.3) is 5.91 Å². The van der Waals surface area contributed by atoms with Gasteiger partial charge < -0.3 is 15.0 Å². The first-order valence-electron chi connectivity index (χ1n) is 9.06. The molecular formula is C20H20ClFN4O2. The van der Waals surface area contributed by atoms with Gasteiger partial charge in [-0.15, -0.1) is 0 Å². The molecule has 1 saturated heterocycles. The van der Waals surface area contributed by atoms with Crippen LogP contribution in [-0.2, 0) is 11.3 Å². The van der Waals surface area contributed by atoms with Crippen LogP contribution in [0.1, 0.15) is 21.7 Å². The molecule has 0 spiro atoms. The van der Waals surface area contributed by atoms with E-state index in [9.17, 15) is 9.18 Å². The predicted molar refractivity (Wildman–Crippen MR) is 106 cm³/mol. The Labute approximate surface area is 166 Å². The summed E-state index contributed by atoms with van der Waals surface area (Å²) in [4.78, 5) is 19.0. The molecule has 0 radical (unpaired) electrons. The van der Waals surface area contributed by atoms with E-state index in [4.69, 9.17) is 16.3 Å². The highest BCUT2D eigenvalue weighted by Crippen LogP contribution is 2.22. The van der Waals surface area contributed by atoms with Crippen molar-refractivity contribution in [2.24, 2.45) is 0 Å². The lowest BCUT2D eigenvalue weighted by atomic mass is 10.1. The standard InChI is InChI=1S/C20H20ClFN4O2/c1-13-19(26-12-15(21)3-5-18(26)24-13)20(27)23-11-14-2-4-17(16(22)10-14)25-6-8-28-9-7-25/h2-5,10,12H,6-9,11H2,1H3,(H,23,27). The number of aryl methyl sites for hydroxylation is 1. The van der Waals surface area contributed by atoms with E-state index in [0.29, 0.717) is 59.6 Å². The van der Waals surface area contributed by atoms with Gasteiger partial charge in [-0.1, -0.05) is 17.7 Å². The van der Waals surface area contributed by atoms with Crippen LogP contribution in [0.5, 0.6) is 0 Å². The number of benzene rings is 1. The average molecular weight is 403 g/mol. The first-order valence-corrected chi connectivity index (χ1v) is 9.44. The second-order valence-corrected chi connectivity index (χ2v) is 7.13. The second kappa shape index (κ2) is 7.77. The number of anilines is 1. The molecule has 4 rings (SSSR count). The van der Waals surface area contributed by atoms with Crippen molar-refractivity contribution in [3.05, 3.63) is 64.3 Å². The van der Waals surface area contributed by atoms with Gasteiger partial charge in [-0.3, -0.25) is 9.20 Å². The third-order valence-corrected chi connectivity index (χ3v) is 5.01. The van der Waals surface area contributed by atoms with Crippen LogP contribution in [0.4, 0.5) is 10.1 Å². The summed E-state index contributed by atoms with van der Waals surface area (Å²) in [5, 5.41) is 3.35. The van der Waals surface area contributed by atoms with E-state index in [2.05, 4.69) is 10.3 Å². The van der Waals surface area contributed by atoms with Crippen molar-refractivity contribution in [1.82, 2.24) is 14.7 Å². The van der Waals surface area contributed by atoms with Gasteiger partial charge in [-0.05, 0) is 36.8 Å². The Morgan fingerprint density at radius 1 is 1.29 bits per heavy atom. The van der Waals surface area contributed by atoms with Crippen molar-refractivity contribution >= 4 is 28.8 Å². The van der Waals surface area contributed by atoms with Gasteiger partial charge in [0.05, 0.1) is 29.6 Å². The zero-order chi connectivity index (χ0) is 19.7. The molecule has 8 heteroatoms. The quantitative estimate of drug-likeness (QED) is 0.728. The molecule has 1 amide bonds. The summed E-state index contributed by atoms with van der Waals surface area (Å²) in [6.45, 7) is 4.52. The number of carbonyl (C=O) groups excluding carboxylic acids is 1. The van der Waals surface area contributed by atoms with Crippen LogP contribution in [0.15, 0.2) is 36.5 Å². The Morgan fingerprint density at radius 2 is 2.07 bits per heavy atom. The van der Waals surface area contributed by atoms with Crippen LogP contribution in [0.25, 0.3) is 5.65 Å². The lowest BCUT2D eigenvalue weighted by Crippen LogP contribution is -2.36. The van der Waals surface area contributed by atoms with E-state index in [1.165, 1.54) is 6.07 Å². The Bertz CT molecular complexity index is 1030. The minimum Gasteiger partial charge on any atom is -0.378 e. The molecule has 3 heterocycles. The average Bonchev–Trinajstić information content (AvgIpc) is 3.02. The highest BCUT2D eigenvalue weighted by atomic mass is 35.5. The van der Waals surface area contributed by atoms with E-state index < -0.39 is 0 Å². The molecule has 1 fully saturated rings. The number of carbonyl (C=O) groups is 1. The minimum absolute atomic E-state index is 0.215. The molecule has 0 unspecified atom stereocenters. The summed E-state index contributed by atoms with van der Waals surface area (Å²) in [5.74, 6) is -0.587. The first-order chi connectivity index (χ1) is 13.5. The maximum atomic E-state index is 14.5. The molecule has 1 N–H and O–H groups in total. The van der Waals surface area contributed by atoms with Crippen molar-refractivity contribution in [2.75, 3.05) is 31.2 Å². The number of morpholine rings is 1. The van der Waals surface area contributed by atoms with Gasteiger partial charge in [0.2, 0.25) is 0 Å². The largest absolute Gasteiger partial charge is 0.378 e. The van der Waals surface area contributed by atoms with Crippen LogP contribution in [0, 0.1) is 12.7 Å². The van der Waals surface area contributed by atoms with Gasteiger partial charge in [-0.2, -0.15) is 0 Å². The predicted octanol–water partition coefficient (Wildman–Crippen LogP) is 3.20. The normalized spacial score (nSPS) is 14.5. The Morgan fingerprint density at radius 3 is 2.82 bits per heavy atom. The number of hydrogen-bond acceptors (Lipinski definition) is 4. The van der Waals surface area contributed by atoms with E-state index in [1.807, 2.05) is 11.0 Å². The minimum atomic E-state index is -0.300. The summed E-state index contributed by atoms with van der Waals surface area (Å²) in [5.41, 5.74) is 2.92. The Kier molecular flexibility index (Phi) is 5.19. The summed E-state index contributed by atoms with van der Waals surface area (Å²) in [7, 11) is 0. The number of aromatic nitrogens is 2. The van der Waals surface area contributed by atoms with Gasteiger partial charge >= 0.3 is 0 Å². The van der Waals surface area contributed by atoms with Crippen LogP contribution in [0.2, 0.25) is 5.02 Å². The summed E-state index contributed by atoms with van der Waals surface area (Å²) in [6, 6.07) is 8.52. The van der Waals surface area contributed by atoms with Crippen molar-refractivity contribution < 1.29 is 13.9 Å². The highest BCUT2D eigenvalue weighted by molar-refractivity contribution is 6.30. The fourth-order valence-electron chi connectivity index (χ4n) is 3.40. The zero-order valence-corrected chi connectivity index (χ0v) is 16.2. The topological polar surface area (TPSA) is 58.9 Å². The van der Waals surface area contributed by atoms with E-state index in [-0.39, 0.29) is 18.3 Å². The molecule has 0 atom stereocenters. The maximum Gasteiger partial charge on any atom is 0.270 e. The number of fused-ring (bicyclic) bond motifs is 1. The van der Waals surface area contributed by atoms with Crippen LogP contribution in [-0.4, -0.2) is 41.6 Å². The second-order valence-electron chi connectivity index (χ2n) is 6.69. The molecule has 3 aromatic rings. The number of amides is 1. The molecule has 6 nitrogen and oxygen atoms in total. The van der Waals surface area contributed by atoms with E-state index in [1.54, 1.807) is 35.7 Å². The SMILES string of the molecule is Cc1nc2ccc(Cl)cn2c1C(=O)NCc1ccc(N2CCOCC2)c(F)c1. The maximum absolute atomic E-state index is 14.5. The smallest absolute Gasteiger partial charge is 0.270 e. The van der Waals surface area contributed by atoms with E-state index in [0.717, 1.165) is 0 Å². The number of nitrogens with zero attached hydrogens (tertiary/aromatic N) is 3. The van der Waals surface area contributed by atoms with Crippen molar-refractivity contribution in [3.8, 4) is 0 Å². The number of nitrogens with one attached hydrogen (secondary N) is 1. The monoisotopic (exact) mass is 402 g/mol.